The summed E-state index contributed by atoms with van der Waals surface area (Å²) >= 11 is 0. The number of anilines is 1. The fourth-order valence-corrected chi connectivity index (χ4v) is 4.55. The molecule has 3 aromatic rings. The number of para-hydroxylation sites is 1. The van der Waals surface area contributed by atoms with Crippen LogP contribution in [0.25, 0.3) is 11.0 Å². The number of benzene rings is 2. The highest BCUT2D eigenvalue weighted by atomic mass is 16.3. The van der Waals surface area contributed by atoms with Crippen molar-refractivity contribution in [3.05, 3.63) is 65.4 Å². The molecule has 2 heterocycles. The molecule has 30 heavy (non-hydrogen) atoms. The lowest BCUT2D eigenvalue weighted by Gasteiger charge is -2.47. The molecule has 0 saturated carbocycles. The fourth-order valence-electron chi connectivity index (χ4n) is 4.55. The van der Waals surface area contributed by atoms with Gasteiger partial charge < -0.3 is 9.32 Å². The number of fused-ring (bicyclic) bond motifs is 2. The third-order valence-corrected chi connectivity index (χ3v) is 5.89. The zero-order valence-electron chi connectivity index (χ0n) is 18.1. The summed E-state index contributed by atoms with van der Waals surface area (Å²) in [5.74, 6) is 0.371. The minimum absolute atomic E-state index is 0.151. The number of rotatable bonds is 5. The molecule has 0 saturated heterocycles. The van der Waals surface area contributed by atoms with E-state index in [1.165, 1.54) is 11.3 Å². The first-order valence-corrected chi connectivity index (χ1v) is 10.6. The third kappa shape index (κ3) is 3.84. The largest absolute Gasteiger partial charge is 0.451 e. The lowest BCUT2D eigenvalue weighted by molar-refractivity contribution is 0.0929. The van der Waals surface area contributed by atoms with Crippen molar-refractivity contribution in [1.82, 2.24) is 5.43 Å². The molecule has 0 aliphatic carbocycles. The smallest absolute Gasteiger partial charge is 0.307 e. The maximum absolute atomic E-state index is 12.4. The second-order valence-corrected chi connectivity index (χ2v) is 8.74. The summed E-state index contributed by atoms with van der Waals surface area (Å²) < 4.78 is 5.58. The average Bonchev–Trinajstić information content (AvgIpc) is 3.15. The number of hydrogen-bond donors (Lipinski definition) is 1. The summed E-state index contributed by atoms with van der Waals surface area (Å²) in [5, 5.41) is 5.05. The molecule has 2 aromatic carbocycles. The minimum Gasteiger partial charge on any atom is -0.451 e. The molecule has 4 rings (SSSR count). The molecule has 1 amide bonds. The second-order valence-electron chi connectivity index (χ2n) is 8.74. The third-order valence-electron chi connectivity index (χ3n) is 5.89. The molecule has 1 atom stereocenters. The number of hydrogen-bond acceptors (Lipinski definition) is 4. The molecule has 0 radical (unpaired) electrons. The summed E-state index contributed by atoms with van der Waals surface area (Å²) in [6.07, 6.45) is 3.93. The van der Waals surface area contributed by atoms with E-state index in [2.05, 4.69) is 61.3 Å². The van der Waals surface area contributed by atoms with Crippen LogP contribution in [-0.2, 0) is 0 Å². The van der Waals surface area contributed by atoms with E-state index >= 15 is 0 Å². The Kier molecular flexibility index (Phi) is 5.37. The van der Waals surface area contributed by atoms with Gasteiger partial charge in [-0.1, -0.05) is 38.1 Å². The van der Waals surface area contributed by atoms with Gasteiger partial charge in [-0.25, -0.2) is 5.43 Å². The van der Waals surface area contributed by atoms with Crippen molar-refractivity contribution in [2.45, 2.75) is 52.0 Å². The lowest BCUT2D eigenvalue weighted by atomic mass is 9.79. The highest BCUT2D eigenvalue weighted by Crippen LogP contribution is 2.43. The van der Waals surface area contributed by atoms with Gasteiger partial charge in [-0.05, 0) is 68.0 Å². The number of carbonyl (C=O) groups excluding carboxylic acids is 1. The van der Waals surface area contributed by atoms with E-state index in [0.717, 1.165) is 30.3 Å². The number of carbonyl (C=O) groups is 1. The van der Waals surface area contributed by atoms with E-state index in [1.54, 1.807) is 12.3 Å². The van der Waals surface area contributed by atoms with Crippen LogP contribution in [0.1, 0.15) is 68.1 Å². The number of hydrazone groups is 1. The normalized spacial score (nSPS) is 18.0. The first-order valence-electron chi connectivity index (χ1n) is 10.6. The molecule has 0 spiro atoms. The Bertz CT molecular complexity index is 1060. The van der Waals surface area contributed by atoms with Crippen LogP contribution in [0.15, 0.2) is 58.0 Å². The first-order chi connectivity index (χ1) is 14.4. The summed E-state index contributed by atoms with van der Waals surface area (Å²) in [5.41, 5.74) is 7.04. The van der Waals surface area contributed by atoms with Crippen molar-refractivity contribution < 1.29 is 9.21 Å². The maximum atomic E-state index is 12.4. The Balaban J connectivity index is 1.50. The Labute approximate surface area is 177 Å². The summed E-state index contributed by atoms with van der Waals surface area (Å²) in [4.78, 5) is 14.9. The van der Waals surface area contributed by atoms with Crippen molar-refractivity contribution in [3.63, 3.8) is 0 Å². The fraction of sp³-hybridized carbons (Fsp3) is 0.360. The molecule has 0 bridgehead atoms. The molecule has 1 N–H and O–H groups in total. The summed E-state index contributed by atoms with van der Waals surface area (Å²) in [7, 11) is 0. The highest BCUT2D eigenvalue weighted by molar-refractivity contribution is 5.96. The SMILES string of the molecule is CCCN1c2ccc(/C=N/NC(=O)c3cc4ccccc4o3)cc2C(C)CC1(C)C. The van der Waals surface area contributed by atoms with Crippen molar-refractivity contribution in [1.29, 1.82) is 0 Å². The predicted octanol–water partition coefficient (Wildman–Crippen LogP) is 5.70. The van der Waals surface area contributed by atoms with Gasteiger partial charge in [-0.15, -0.1) is 0 Å². The van der Waals surface area contributed by atoms with E-state index in [4.69, 9.17) is 4.42 Å². The molecule has 156 valence electrons. The van der Waals surface area contributed by atoms with Crippen molar-refractivity contribution in [2.24, 2.45) is 5.10 Å². The van der Waals surface area contributed by atoms with E-state index < -0.39 is 0 Å². The molecular weight excluding hydrogens is 374 g/mol. The molecule has 1 unspecified atom stereocenters. The van der Waals surface area contributed by atoms with Gasteiger partial charge in [-0.3, -0.25) is 4.79 Å². The van der Waals surface area contributed by atoms with Gasteiger partial charge in [0.05, 0.1) is 6.21 Å². The zero-order valence-corrected chi connectivity index (χ0v) is 18.1. The summed E-state index contributed by atoms with van der Waals surface area (Å²) in [6, 6.07) is 15.7. The molecule has 1 aliphatic heterocycles. The maximum Gasteiger partial charge on any atom is 0.307 e. The highest BCUT2D eigenvalue weighted by Gasteiger charge is 2.35. The van der Waals surface area contributed by atoms with E-state index in [-0.39, 0.29) is 17.2 Å². The minimum atomic E-state index is -0.357. The lowest BCUT2D eigenvalue weighted by Crippen LogP contribution is -2.48. The molecule has 5 heteroatoms. The molecule has 0 fully saturated rings. The van der Waals surface area contributed by atoms with Gasteiger partial charge in [0.1, 0.15) is 5.58 Å². The van der Waals surface area contributed by atoms with Crippen molar-refractivity contribution >= 4 is 28.8 Å². The predicted molar refractivity (Wildman–Crippen MR) is 122 cm³/mol. The van der Waals surface area contributed by atoms with Crippen LogP contribution in [0.2, 0.25) is 0 Å². The Morgan fingerprint density at radius 1 is 1.27 bits per heavy atom. The Morgan fingerprint density at radius 3 is 2.83 bits per heavy atom. The van der Waals surface area contributed by atoms with Crippen LogP contribution < -0.4 is 10.3 Å². The number of furan rings is 1. The van der Waals surface area contributed by atoms with E-state index in [9.17, 15) is 4.79 Å². The van der Waals surface area contributed by atoms with Crippen LogP contribution >= 0.6 is 0 Å². The Morgan fingerprint density at radius 2 is 2.07 bits per heavy atom. The zero-order chi connectivity index (χ0) is 21.3. The quantitative estimate of drug-likeness (QED) is 0.439. The second kappa shape index (κ2) is 7.98. The molecule has 1 aromatic heterocycles. The van der Waals surface area contributed by atoms with Gasteiger partial charge in [-0.2, -0.15) is 5.10 Å². The average molecular weight is 404 g/mol. The van der Waals surface area contributed by atoms with Crippen LogP contribution in [0, 0.1) is 0 Å². The summed E-state index contributed by atoms with van der Waals surface area (Å²) in [6.45, 7) is 10.2. The van der Waals surface area contributed by atoms with Crippen molar-refractivity contribution in [2.75, 3.05) is 11.4 Å². The number of nitrogens with one attached hydrogen (secondary N) is 1. The van der Waals surface area contributed by atoms with E-state index in [1.807, 2.05) is 24.3 Å². The van der Waals surface area contributed by atoms with Crippen molar-refractivity contribution in [3.8, 4) is 0 Å². The van der Waals surface area contributed by atoms with Crippen LogP contribution in [0.4, 0.5) is 5.69 Å². The standard InChI is InChI=1S/C25H29N3O2/c1-5-12-28-21-11-10-18(13-20(21)17(2)15-25(28,3)4)16-26-27-24(29)23-14-19-8-6-7-9-22(19)30-23/h6-11,13-14,16-17H,5,12,15H2,1-4H3,(H,27,29)/b26-16+. The first kappa shape index (κ1) is 20.2. The molecule has 5 nitrogen and oxygen atoms in total. The number of amides is 1. The van der Waals surface area contributed by atoms with E-state index in [0.29, 0.717) is 11.5 Å². The van der Waals surface area contributed by atoms with Crippen LogP contribution in [0.5, 0.6) is 0 Å². The topological polar surface area (TPSA) is 57.8 Å². The number of nitrogens with zero attached hydrogens (tertiary/aromatic N) is 2. The van der Waals surface area contributed by atoms with Crippen LogP contribution in [0.3, 0.4) is 0 Å². The van der Waals surface area contributed by atoms with Crippen LogP contribution in [-0.4, -0.2) is 24.2 Å². The van der Waals surface area contributed by atoms with Gasteiger partial charge in [0.2, 0.25) is 0 Å². The van der Waals surface area contributed by atoms with Gasteiger partial charge >= 0.3 is 5.91 Å². The monoisotopic (exact) mass is 403 g/mol. The molecular formula is C25H29N3O2. The van der Waals surface area contributed by atoms with Gasteiger partial charge in [0.25, 0.3) is 0 Å². The Hall–Kier alpha value is -3.08. The van der Waals surface area contributed by atoms with Gasteiger partial charge in [0, 0.05) is 23.2 Å². The van der Waals surface area contributed by atoms with Gasteiger partial charge in [0.15, 0.2) is 5.76 Å². The molecule has 1 aliphatic rings.